The minimum atomic E-state index is -0.738. The maximum Gasteiger partial charge on any atom is 0.408 e. The summed E-state index contributed by atoms with van der Waals surface area (Å²) in [5.41, 5.74) is 1.01. The van der Waals surface area contributed by atoms with Crippen molar-refractivity contribution in [2.24, 2.45) is 10.4 Å². The SMILES string of the molecule is CC(C)(C)OC(=O)N[C@H](C(=O)N=C1CCN(Cc2ccccc2)C1)C(C)(C)C. The topological polar surface area (TPSA) is 71.0 Å². The second-order valence-corrected chi connectivity index (χ2v) is 9.41. The van der Waals surface area contributed by atoms with E-state index < -0.39 is 23.2 Å². The van der Waals surface area contributed by atoms with Gasteiger partial charge in [-0.05, 0) is 38.2 Å². The van der Waals surface area contributed by atoms with Crippen LogP contribution in [0.4, 0.5) is 4.79 Å². The zero-order chi connectivity index (χ0) is 20.9. The second kappa shape index (κ2) is 8.86. The molecular weight excluding hydrogens is 354 g/mol. The Hall–Kier alpha value is -2.21. The van der Waals surface area contributed by atoms with Crippen molar-refractivity contribution in [3.63, 3.8) is 0 Å². The maximum absolute atomic E-state index is 12.8. The molecular formula is C22H33N3O3. The first-order chi connectivity index (χ1) is 12.9. The lowest BCUT2D eigenvalue weighted by molar-refractivity contribution is -0.122. The Morgan fingerprint density at radius 2 is 1.79 bits per heavy atom. The first-order valence-corrected chi connectivity index (χ1v) is 9.80. The number of likely N-dealkylation sites (tertiary alicyclic amines) is 1. The van der Waals surface area contributed by atoms with E-state index in [0.29, 0.717) is 6.54 Å². The van der Waals surface area contributed by atoms with Gasteiger partial charge in [0.05, 0.1) is 0 Å². The molecule has 0 bridgehead atoms. The van der Waals surface area contributed by atoms with Crippen LogP contribution in [0.15, 0.2) is 35.3 Å². The number of hydrogen-bond acceptors (Lipinski definition) is 4. The van der Waals surface area contributed by atoms with Crippen molar-refractivity contribution in [1.82, 2.24) is 10.2 Å². The van der Waals surface area contributed by atoms with E-state index in [1.165, 1.54) is 5.56 Å². The molecule has 1 aromatic carbocycles. The van der Waals surface area contributed by atoms with Gasteiger partial charge in [-0.3, -0.25) is 9.69 Å². The van der Waals surface area contributed by atoms with Crippen LogP contribution in [0.5, 0.6) is 0 Å². The van der Waals surface area contributed by atoms with Crippen LogP contribution < -0.4 is 5.32 Å². The van der Waals surface area contributed by atoms with Gasteiger partial charge < -0.3 is 10.1 Å². The molecule has 2 rings (SSSR count). The van der Waals surface area contributed by atoms with Crippen LogP contribution in [0.2, 0.25) is 0 Å². The second-order valence-electron chi connectivity index (χ2n) is 9.41. The Balaban J connectivity index is 2.01. The number of hydrogen-bond donors (Lipinski definition) is 1. The van der Waals surface area contributed by atoms with Crippen molar-refractivity contribution >= 4 is 17.7 Å². The molecule has 1 N–H and O–H groups in total. The highest BCUT2D eigenvalue weighted by atomic mass is 16.6. The molecule has 1 fully saturated rings. The summed E-state index contributed by atoms with van der Waals surface area (Å²) in [5.74, 6) is -0.324. The summed E-state index contributed by atoms with van der Waals surface area (Å²) >= 11 is 0. The Kier molecular flexibility index (Phi) is 6.99. The van der Waals surface area contributed by atoms with E-state index in [4.69, 9.17) is 4.74 Å². The van der Waals surface area contributed by atoms with Crippen molar-refractivity contribution in [2.45, 2.75) is 66.2 Å². The van der Waals surface area contributed by atoms with E-state index in [0.717, 1.165) is 25.2 Å². The standard InChI is InChI=1S/C22H33N3O3/c1-21(2,3)18(24-20(27)28-22(4,5)6)19(26)23-17-12-13-25(15-17)14-16-10-8-7-9-11-16/h7-11,18H,12-15H2,1-6H3,(H,24,27)/t18-/m1/s1. The highest BCUT2D eigenvalue weighted by Crippen LogP contribution is 2.22. The maximum atomic E-state index is 12.8. The molecule has 0 spiro atoms. The molecule has 0 aromatic heterocycles. The Labute approximate surface area is 168 Å². The van der Waals surface area contributed by atoms with Crippen LogP contribution >= 0.6 is 0 Å². The molecule has 1 aliphatic rings. The predicted molar refractivity (Wildman–Crippen MR) is 111 cm³/mol. The van der Waals surface area contributed by atoms with Gasteiger partial charge in [0.2, 0.25) is 0 Å². The third-order valence-corrected chi connectivity index (χ3v) is 4.41. The van der Waals surface area contributed by atoms with Gasteiger partial charge in [0, 0.05) is 25.3 Å². The van der Waals surface area contributed by atoms with Gasteiger partial charge in [0.25, 0.3) is 5.91 Å². The fourth-order valence-electron chi connectivity index (χ4n) is 3.07. The monoisotopic (exact) mass is 387 g/mol. The summed E-state index contributed by atoms with van der Waals surface area (Å²) in [5, 5.41) is 2.71. The average Bonchev–Trinajstić information content (AvgIpc) is 2.97. The number of amides is 2. The molecule has 28 heavy (non-hydrogen) atoms. The first kappa shape index (κ1) is 22.1. The first-order valence-electron chi connectivity index (χ1n) is 9.80. The molecule has 1 saturated heterocycles. The van der Waals surface area contributed by atoms with Crippen LogP contribution in [0.1, 0.15) is 53.5 Å². The molecule has 6 nitrogen and oxygen atoms in total. The Morgan fingerprint density at radius 3 is 2.36 bits per heavy atom. The van der Waals surface area contributed by atoms with Crippen molar-refractivity contribution in [2.75, 3.05) is 13.1 Å². The summed E-state index contributed by atoms with van der Waals surface area (Å²) in [6.45, 7) is 13.5. The van der Waals surface area contributed by atoms with E-state index in [2.05, 4.69) is 27.3 Å². The minimum absolute atomic E-state index is 0.324. The normalized spacial score (nSPS) is 18.1. The number of carbonyl (C=O) groups excluding carboxylic acids is 2. The van der Waals surface area contributed by atoms with Crippen molar-refractivity contribution < 1.29 is 14.3 Å². The largest absolute Gasteiger partial charge is 0.444 e. The lowest BCUT2D eigenvalue weighted by Crippen LogP contribution is -2.50. The third-order valence-electron chi connectivity index (χ3n) is 4.41. The molecule has 1 heterocycles. The average molecular weight is 388 g/mol. The lowest BCUT2D eigenvalue weighted by atomic mass is 9.86. The van der Waals surface area contributed by atoms with Gasteiger partial charge in [0.15, 0.2) is 0 Å². The van der Waals surface area contributed by atoms with Crippen LogP contribution in [0.3, 0.4) is 0 Å². The summed E-state index contributed by atoms with van der Waals surface area (Å²) in [4.78, 5) is 31.6. The number of benzene rings is 1. The quantitative estimate of drug-likeness (QED) is 0.853. The number of ether oxygens (including phenoxy) is 1. The predicted octanol–water partition coefficient (Wildman–Crippen LogP) is 3.80. The summed E-state index contributed by atoms with van der Waals surface area (Å²) in [6, 6.07) is 9.52. The number of nitrogens with one attached hydrogen (secondary N) is 1. The summed E-state index contributed by atoms with van der Waals surface area (Å²) in [7, 11) is 0. The molecule has 0 aliphatic carbocycles. The van der Waals surface area contributed by atoms with E-state index in [9.17, 15) is 9.59 Å². The van der Waals surface area contributed by atoms with E-state index in [1.807, 2.05) is 39.0 Å². The highest BCUT2D eigenvalue weighted by Gasteiger charge is 2.34. The molecule has 154 valence electrons. The van der Waals surface area contributed by atoms with Gasteiger partial charge in [-0.25, -0.2) is 9.79 Å². The third kappa shape index (κ3) is 7.08. The summed E-state index contributed by atoms with van der Waals surface area (Å²) < 4.78 is 5.31. The van der Waals surface area contributed by atoms with E-state index in [-0.39, 0.29) is 5.91 Å². The van der Waals surface area contributed by atoms with Gasteiger partial charge in [0.1, 0.15) is 11.6 Å². The number of carbonyl (C=O) groups is 2. The molecule has 1 atom stereocenters. The Morgan fingerprint density at radius 1 is 1.14 bits per heavy atom. The van der Waals surface area contributed by atoms with Gasteiger partial charge >= 0.3 is 6.09 Å². The summed E-state index contributed by atoms with van der Waals surface area (Å²) in [6.07, 6.45) is 0.167. The van der Waals surface area contributed by atoms with Crippen molar-refractivity contribution in [3.8, 4) is 0 Å². The van der Waals surface area contributed by atoms with Gasteiger partial charge in [-0.1, -0.05) is 51.1 Å². The fraction of sp³-hybridized carbons (Fsp3) is 0.591. The number of aliphatic imine (C=N–C) groups is 1. The smallest absolute Gasteiger partial charge is 0.408 e. The van der Waals surface area contributed by atoms with Crippen LogP contribution in [0.25, 0.3) is 0 Å². The van der Waals surface area contributed by atoms with Crippen molar-refractivity contribution in [3.05, 3.63) is 35.9 Å². The van der Waals surface area contributed by atoms with E-state index >= 15 is 0 Å². The van der Waals surface area contributed by atoms with Crippen LogP contribution in [-0.4, -0.2) is 47.3 Å². The number of nitrogens with zero attached hydrogens (tertiary/aromatic N) is 2. The molecule has 0 radical (unpaired) electrons. The molecule has 0 unspecified atom stereocenters. The van der Waals surface area contributed by atoms with Crippen LogP contribution in [0, 0.1) is 5.41 Å². The van der Waals surface area contributed by atoms with Gasteiger partial charge in [-0.2, -0.15) is 0 Å². The van der Waals surface area contributed by atoms with Crippen LogP contribution in [-0.2, 0) is 16.1 Å². The molecule has 2 amide bonds. The Bertz CT molecular complexity index is 715. The highest BCUT2D eigenvalue weighted by molar-refractivity contribution is 6.00. The number of alkyl carbamates (subject to hydrolysis) is 1. The molecule has 1 aromatic rings. The molecule has 1 aliphatic heterocycles. The van der Waals surface area contributed by atoms with Gasteiger partial charge in [-0.15, -0.1) is 0 Å². The zero-order valence-corrected chi connectivity index (χ0v) is 17.9. The lowest BCUT2D eigenvalue weighted by Gasteiger charge is -2.30. The van der Waals surface area contributed by atoms with Crippen molar-refractivity contribution in [1.29, 1.82) is 0 Å². The minimum Gasteiger partial charge on any atom is -0.444 e. The zero-order valence-electron chi connectivity index (χ0n) is 17.9. The molecule has 0 saturated carbocycles. The van der Waals surface area contributed by atoms with E-state index in [1.54, 1.807) is 20.8 Å². The number of rotatable bonds is 4. The fourth-order valence-corrected chi connectivity index (χ4v) is 3.07. The molecule has 6 heteroatoms.